The Hall–Kier alpha value is -0.830. The smallest absolute Gasteiger partial charge is 0.378 e. The quantitative estimate of drug-likeness (QED) is 0.780. The molecular formula is C11H18NO3P. The van der Waals surface area contributed by atoms with Gasteiger partial charge in [0.15, 0.2) is 0 Å². The van der Waals surface area contributed by atoms with Crippen LogP contribution in [0.25, 0.3) is 0 Å². The lowest BCUT2D eigenvalue weighted by molar-refractivity contribution is 0.280. The van der Waals surface area contributed by atoms with Gasteiger partial charge in [-0.1, -0.05) is 19.1 Å². The van der Waals surface area contributed by atoms with Crippen LogP contribution in [-0.4, -0.2) is 12.8 Å². The molecule has 1 aromatic carbocycles. The Bertz CT molecular complexity index is 364. The highest BCUT2D eigenvalue weighted by Gasteiger charge is 2.22. The van der Waals surface area contributed by atoms with Crippen molar-refractivity contribution in [3.05, 3.63) is 29.8 Å². The van der Waals surface area contributed by atoms with Crippen molar-refractivity contribution >= 4 is 7.60 Å². The van der Waals surface area contributed by atoms with Crippen LogP contribution in [0.2, 0.25) is 0 Å². The number of benzene rings is 1. The lowest BCUT2D eigenvalue weighted by atomic mass is 10.2. The normalized spacial score (nSPS) is 14.4. The fourth-order valence-electron chi connectivity index (χ4n) is 1.23. The minimum Gasteiger partial charge on any atom is -0.424 e. The monoisotopic (exact) mass is 243 g/mol. The summed E-state index contributed by atoms with van der Waals surface area (Å²) in [6.45, 7) is 4.44. The maximum Gasteiger partial charge on any atom is 0.378 e. The molecule has 1 atom stereocenters. The number of hydrogen-bond donors (Lipinski definition) is 1. The van der Waals surface area contributed by atoms with Gasteiger partial charge in [-0.2, -0.15) is 0 Å². The molecule has 0 bridgehead atoms. The Labute approximate surface area is 96.3 Å². The average Bonchev–Trinajstić information content (AvgIpc) is 2.30. The zero-order valence-corrected chi connectivity index (χ0v) is 10.6. The molecule has 1 aromatic rings. The molecule has 0 saturated carbocycles. The van der Waals surface area contributed by atoms with Gasteiger partial charge in [0.25, 0.3) is 0 Å². The second-order valence-electron chi connectivity index (χ2n) is 3.28. The van der Waals surface area contributed by atoms with Crippen molar-refractivity contribution in [2.24, 2.45) is 5.73 Å². The van der Waals surface area contributed by atoms with Gasteiger partial charge in [0.2, 0.25) is 0 Å². The Morgan fingerprint density at radius 1 is 1.25 bits per heavy atom. The second kappa shape index (κ2) is 6.04. The van der Waals surface area contributed by atoms with Crippen molar-refractivity contribution in [1.29, 1.82) is 0 Å². The number of hydrogen-bond acceptors (Lipinski definition) is 4. The Morgan fingerprint density at radius 2 is 1.88 bits per heavy atom. The molecule has 0 radical (unpaired) electrons. The molecule has 1 rings (SSSR count). The van der Waals surface area contributed by atoms with Crippen molar-refractivity contribution in [3.63, 3.8) is 0 Å². The van der Waals surface area contributed by atoms with Gasteiger partial charge in [-0.3, -0.25) is 0 Å². The highest BCUT2D eigenvalue weighted by Crippen LogP contribution is 2.47. The SMILES string of the molecule is CCOP(=O)(CC)Oc1ccc(CN)cc1. The van der Waals surface area contributed by atoms with E-state index >= 15 is 0 Å². The van der Waals surface area contributed by atoms with E-state index in [1.165, 1.54) is 0 Å². The molecule has 0 spiro atoms. The molecule has 0 amide bonds. The van der Waals surface area contributed by atoms with Crippen LogP contribution in [0.5, 0.6) is 5.75 Å². The molecule has 2 N–H and O–H groups in total. The predicted molar refractivity (Wildman–Crippen MR) is 64.7 cm³/mol. The van der Waals surface area contributed by atoms with E-state index in [9.17, 15) is 4.57 Å². The summed E-state index contributed by atoms with van der Waals surface area (Å²) in [5, 5.41) is 0. The van der Waals surface area contributed by atoms with Crippen LogP contribution in [0.15, 0.2) is 24.3 Å². The van der Waals surface area contributed by atoms with Gasteiger partial charge in [0.1, 0.15) is 5.75 Å². The maximum atomic E-state index is 12.0. The molecule has 0 saturated heterocycles. The minimum atomic E-state index is -2.98. The van der Waals surface area contributed by atoms with Gasteiger partial charge >= 0.3 is 7.60 Å². The summed E-state index contributed by atoms with van der Waals surface area (Å²) in [6, 6.07) is 7.20. The summed E-state index contributed by atoms with van der Waals surface area (Å²) in [6.07, 6.45) is 0.361. The molecular weight excluding hydrogens is 225 g/mol. The molecule has 5 heteroatoms. The zero-order valence-electron chi connectivity index (χ0n) is 9.68. The second-order valence-corrected chi connectivity index (χ2v) is 5.58. The lowest BCUT2D eigenvalue weighted by Gasteiger charge is -2.17. The third kappa shape index (κ3) is 3.63. The van der Waals surface area contributed by atoms with Crippen molar-refractivity contribution in [1.82, 2.24) is 0 Å². The van der Waals surface area contributed by atoms with Crippen molar-refractivity contribution < 1.29 is 13.6 Å². The molecule has 0 aliphatic heterocycles. The first-order valence-electron chi connectivity index (χ1n) is 5.35. The fraction of sp³-hybridized carbons (Fsp3) is 0.455. The summed E-state index contributed by atoms with van der Waals surface area (Å²) >= 11 is 0. The number of rotatable bonds is 6. The fourth-order valence-corrected chi connectivity index (χ4v) is 2.43. The molecule has 0 heterocycles. The summed E-state index contributed by atoms with van der Waals surface area (Å²) < 4.78 is 22.6. The Balaban J connectivity index is 2.74. The van der Waals surface area contributed by atoms with Crippen molar-refractivity contribution in [3.8, 4) is 5.75 Å². The predicted octanol–water partition coefficient (Wildman–Crippen LogP) is 2.77. The summed E-state index contributed by atoms with van der Waals surface area (Å²) in [5.41, 5.74) is 6.49. The van der Waals surface area contributed by atoms with Gasteiger partial charge in [0, 0.05) is 6.54 Å². The van der Waals surface area contributed by atoms with Gasteiger partial charge < -0.3 is 14.8 Å². The molecule has 90 valence electrons. The van der Waals surface area contributed by atoms with E-state index in [0.29, 0.717) is 25.1 Å². The van der Waals surface area contributed by atoms with E-state index in [2.05, 4.69) is 0 Å². The summed E-state index contributed by atoms with van der Waals surface area (Å²) in [7, 11) is -2.98. The van der Waals surface area contributed by atoms with E-state index in [0.717, 1.165) is 5.56 Å². The van der Waals surface area contributed by atoms with Crippen LogP contribution >= 0.6 is 7.60 Å². The van der Waals surface area contributed by atoms with E-state index in [1.54, 1.807) is 26.0 Å². The maximum absolute atomic E-state index is 12.0. The molecule has 0 aromatic heterocycles. The first kappa shape index (κ1) is 13.2. The average molecular weight is 243 g/mol. The van der Waals surface area contributed by atoms with E-state index in [1.807, 2.05) is 12.1 Å². The first-order chi connectivity index (χ1) is 7.63. The molecule has 4 nitrogen and oxygen atoms in total. The standard InChI is InChI=1S/C11H18NO3P/c1-3-14-16(13,4-2)15-11-7-5-10(9-12)6-8-11/h5-8H,3-4,9,12H2,1-2H3. The van der Waals surface area contributed by atoms with Gasteiger partial charge in [-0.15, -0.1) is 0 Å². The Kier molecular flexibility index (Phi) is 5.00. The summed E-state index contributed by atoms with van der Waals surface area (Å²) in [5.74, 6) is 0.552. The largest absolute Gasteiger partial charge is 0.424 e. The highest BCUT2D eigenvalue weighted by atomic mass is 31.2. The van der Waals surface area contributed by atoms with E-state index < -0.39 is 7.60 Å². The van der Waals surface area contributed by atoms with Crippen LogP contribution in [-0.2, 0) is 15.6 Å². The van der Waals surface area contributed by atoms with Crippen LogP contribution in [0.1, 0.15) is 19.4 Å². The minimum absolute atomic E-state index is 0.361. The molecule has 0 aliphatic carbocycles. The van der Waals surface area contributed by atoms with E-state index in [4.69, 9.17) is 14.8 Å². The molecule has 16 heavy (non-hydrogen) atoms. The molecule has 1 unspecified atom stereocenters. The third-order valence-corrected chi connectivity index (χ3v) is 4.03. The molecule has 0 fully saturated rings. The van der Waals surface area contributed by atoms with Crippen LogP contribution in [0, 0.1) is 0 Å². The lowest BCUT2D eigenvalue weighted by Crippen LogP contribution is -2.01. The van der Waals surface area contributed by atoms with Gasteiger partial charge in [0.05, 0.1) is 12.8 Å². The van der Waals surface area contributed by atoms with Crippen molar-refractivity contribution in [2.75, 3.05) is 12.8 Å². The van der Waals surface area contributed by atoms with Crippen LogP contribution in [0.3, 0.4) is 0 Å². The zero-order chi connectivity index (χ0) is 12.0. The number of nitrogens with two attached hydrogens (primary N) is 1. The van der Waals surface area contributed by atoms with E-state index in [-0.39, 0.29) is 0 Å². The first-order valence-corrected chi connectivity index (χ1v) is 7.08. The Morgan fingerprint density at radius 3 is 2.31 bits per heavy atom. The van der Waals surface area contributed by atoms with Crippen LogP contribution in [0.4, 0.5) is 0 Å². The van der Waals surface area contributed by atoms with Crippen LogP contribution < -0.4 is 10.3 Å². The highest BCUT2D eigenvalue weighted by molar-refractivity contribution is 7.54. The third-order valence-electron chi connectivity index (χ3n) is 2.12. The van der Waals surface area contributed by atoms with Crippen molar-refractivity contribution in [2.45, 2.75) is 20.4 Å². The topological polar surface area (TPSA) is 61.5 Å². The molecule has 0 aliphatic rings. The van der Waals surface area contributed by atoms with Gasteiger partial charge in [-0.25, -0.2) is 4.57 Å². The summed E-state index contributed by atoms with van der Waals surface area (Å²) in [4.78, 5) is 0. The van der Waals surface area contributed by atoms with Gasteiger partial charge in [-0.05, 0) is 24.6 Å².